The van der Waals surface area contributed by atoms with Gasteiger partial charge >= 0.3 is 0 Å². The van der Waals surface area contributed by atoms with Crippen molar-refractivity contribution in [1.82, 2.24) is 0 Å². The summed E-state index contributed by atoms with van der Waals surface area (Å²) in [6, 6.07) is 14.5. The van der Waals surface area contributed by atoms with Crippen LogP contribution >= 0.6 is 15.9 Å². The number of methoxy groups -OCH3 is 1. The Morgan fingerprint density at radius 3 is 2.76 bits per heavy atom. The molecule has 0 aliphatic carbocycles. The van der Waals surface area contributed by atoms with E-state index in [1.165, 1.54) is 0 Å². The zero-order valence-corrected chi connectivity index (χ0v) is 12.8. The molecule has 0 fully saturated rings. The van der Waals surface area contributed by atoms with Gasteiger partial charge < -0.3 is 14.5 Å². The highest BCUT2D eigenvalue weighted by molar-refractivity contribution is 9.10. The van der Waals surface area contributed by atoms with E-state index in [9.17, 15) is 4.79 Å². The van der Waals surface area contributed by atoms with Crippen molar-refractivity contribution in [3.63, 3.8) is 0 Å². The van der Waals surface area contributed by atoms with Crippen LogP contribution in [0.25, 0.3) is 11.0 Å². The van der Waals surface area contributed by atoms with Crippen molar-refractivity contribution >= 4 is 38.5 Å². The molecule has 4 nitrogen and oxygen atoms in total. The molecule has 0 radical (unpaired) electrons. The van der Waals surface area contributed by atoms with Gasteiger partial charge in [-0.2, -0.15) is 0 Å². The second-order valence-electron chi connectivity index (χ2n) is 4.45. The van der Waals surface area contributed by atoms with Gasteiger partial charge in [0, 0.05) is 17.1 Å². The molecule has 2 aromatic carbocycles. The number of furan rings is 1. The smallest absolute Gasteiger partial charge is 0.291 e. The summed E-state index contributed by atoms with van der Waals surface area (Å²) in [5.74, 6) is 0.645. The molecule has 106 valence electrons. The van der Waals surface area contributed by atoms with Gasteiger partial charge in [-0.25, -0.2) is 0 Å². The number of hydrogen-bond acceptors (Lipinski definition) is 3. The quantitative estimate of drug-likeness (QED) is 0.762. The van der Waals surface area contributed by atoms with E-state index in [0.29, 0.717) is 17.0 Å². The monoisotopic (exact) mass is 345 g/mol. The summed E-state index contributed by atoms with van der Waals surface area (Å²) in [5, 5.41) is 3.66. The van der Waals surface area contributed by atoms with Gasteiger partial charge in [0.1, 0.15) is 11.3 Å². The number of hydrogen-bond donors (Lipinski definition) is 1. The third-order valence-corrected chi connectivity index (χ3v) is 3.67. The van der Waals surface area contributed by atoms with E-state index in [-0.39, 0.29) is 11.7 Å². The van der Waals surface area contributed by atoms with E-state index < -0.39 is 0 Å². The lowest BCUT2D eigenvalue weighted by Crippen LogP contribution is -2.10. The van der Waals surface area contributed by atoms with Gasteiger partial charge in [-0.1, -0.05) is 18.2 Å². The van der Waals surface area contributed by atoms with E-state index in [1.54, 1.807) is 25.3 Å². The molecule has 0 saturated carbocycles. The van der Waals surface area contributed by atoms with Gasteiger partial charge in [0.2, 0.25) is 0 Å². The second kappa shape index (κ2) is 5.61. The Kier molecular flexibility index (Phi) is 3.66. The van der Waals surface area contributed by atoms with E-state index >= 15 is 0 Å². The molecule has 0 bridgehead atoms. The Morgan fingerprint density at radius 2 is 2.00 bits per heavy atom. The van der Waals surface area contributed by atoms with Crippen LogP contribution in [0, 0.1) is 0 Å². The average molecular weight is 346 g/mol. The third kappa shape index (κ3) is 2.78. The Bertz CT molecular complexity index is 810. The number of nitrogens with one attached hydrogen (secondary N) is 1. The van der Waals surface area contributed by atoms with Crippen LogP contribution in [0.4, 0.5) is 5.69 Å². The molecule has 0 aliphatic rings. The van der Waals surface area contributed by atoms with Crippen molar-refractivity contribution < 1.29 is 13.9 Å². The van der Waals surface area contributed by atoms with Gasteiger partial charge in [-0.15, -0.1) is 0 Å². The number of amides is 1. The molecule has 1 N–H and O–H groups in total. The van der Waals surface area contributed by atoms with Crippen molar-refractivity contribution in [1.29, 1.82) is 0 Å². The number of benzene rings is 2. The number of carbonyl (C=O) groups is 1. The van der Waals surface area contributed by atoms with Crippen LogP contribution in [0.1, 0.15) is 10.6 Å². The summed E-state index contributed by atoms with van der Waals surface area (Å²) in [7, 11) is 1.58. The minimum absolute atomic E-state index is 0.264. The van der Waals surface area contributed by atoms with Gasteiger partial charge in [0.15, 0.2) is 5.76 Å². The van der Waals surface area contributed by atoms with Crippen LogP contribution < -0.4 is 10.1 Å². The molecule has 0 unspecified atom stereocenters. The lowest BCUT2D eigenvalue weighted by Gasteiger charge is -2.05. The zero-order chi connectivity index (χ0) is 14.8. The van der Waals surface area contributed by atoms with E-state index in [0.717, 1.165) is 9.86 Å². The highest BCUT2D eigenvalue weighted by atomic mass is 79.9. The van der Waals surface area contributed by atoms with Crippen molar-refractivity contribution in [2.24, 2.45) is 0 Å². The molecule has 3 rings (SSSR count). The van der Waals surface area contributed by atoms with E-state index in [1.807, 2.05) is 30.3 Å². The highest BCUT2D eigenvalue weighted by Crippen LogP contribution is 2.27. The number of anilines is 1. The molecule has 0 saturated heterocycles. The first-order valence-electron chi connectivity index (χ1n) is 6.31. The number of para-hydroxylation sites is 1. The Hall–Kier alpha value is -2.27. The molecule has 3 aromatic rings. The van der Waals surface area contributed by atoms with Gasteiger partial charge in [-0.05, 0) is 40.2 Å². The lowest BCUT2D eigenvalue weighted by molar-refractivity contribution is 0.0998. The fraction of sp³-hybridized carbons (Fsp3) is 0.0625. The van der Waals surface area contributed by atoms with Crippen LogP contribution in [-0.4, -0.2) is 13.0 Å². The van der Waals surface area contributed by atoms with Gasteiger partial charge in [-0.3, -0.25) is 4.79 Å². The lowest BCUT2D eigenvalue weighted by atomic mass is 10.2. The molecule has 1 aromatic heterocycles. The maximum Gasteiger partial charge on any atom is 0.291 e. The van der Waals surface area contributed by atoms with E-state index in [4.69, 9.17) is 9.15 Å². The molecule has 1 heterocycles. The molecule has 0 atom stereocenters. The number of halogens is 1. The van der Waals surface area contributed by atoms with Crippen molar-refractivity contribution in [3.05, 3.63) is 58.8 Å². The summed E-state index contributed by atoms with van der Waals surface area (Å²) in [6.07, 6.45) is 0. The minimum atomic E-state index is -0.300. The number of fused-ring (bicyclic) bond motifs is 1. The first-order valence-corrected chi connectivity index (χ1v) is 7.10. The molecular formula is C16H12BrNO3. The molecular weight excluding hydrogens is 334 g/mol. The summed E-state index contributed by atoms with van der Waals surface area (Å²) in [6.45, 7) is 0. The standard InChI is InChI=1S/C16H12BrNO3/c1-20-12-6-3-5-11(9-12)18-16(19)14-8-10-4-2-7-13(17)15(10)21-14/h2-9H,1H3,(H,18,19). The summed E-state index contributed by atoms with van der Waals surface area (Å²) in [4.78, 5) is 12.2. The average Bonchev–Trinajstić information content (AvgIpc) is 2.93. The Balaban J connectivity index is 1.88. The second-order valence-corrected chi connectivity index (χ2v) is 5.31. The maximum absolute atomic E-state index is 12.2. The zero-order valence-electron chi connectivity index (χ0n) is 11.2. The highest BCUT2D eigenvalue weighted by Gasteiger charge is 2.14. The molecule has 1 amide bonds. The molecule has 5 heteroatoms. The number of ether oxygens (including phenoxy) is 1. The third-order valence-electron chi connectivity index (χ3n) is 3.05. The molecule has 21 heavy (non-hydrogen) atoms. The van der Waals surface area contributed by atoms with Crippen LogP contribution in [0.2, 0.25) is 0 Å². The summed E-state index contributed by atoms with van der Waals surface area (Å²) < 4.78 is 11.5. The van der Waals surface area contributed by atoms with Crippen molar-refractivity contribution in [2.45, 2.75) is 0 Å². The predicted octanol–water partition coefficient (Wildman–Crippen LogP) is 4.46. The minimum Gasteiger partial charge on any atom is -0.497 e. The fourth-order valence-electron chi connectivity index (χ4n) is 2.03. The van der Waals surface area contributed by atoms with Gasteiger partial charge in [0.05, 0.1) is 11.6 Å². The van der Waals surface area contributed by atoms with Crippen LogP contribution in [0.15, 0.2) is 57.4 Å². The Labute approximate surface area is 129 Å². The van der Waals surface area contributed by atoms with Crippen LogP contribution in [0.5, 0.6) is 5.75 Å². The summed E-state index contributed by atoms with van der Waals surface area (Å²) >= 11 is 3.40. The topological polar surface area (TPSA) is 51.5 Å². The van der Waals surface area contributed by atoms with Crippen molar-refractivity contribution in [3.8, 4) is 5.75 Å². The molecule has 0 aliphatic heterocycles. The fourth-order valence-corrected chi connectivity index (χ4v) is 2.50. The predicted molar refractivity (Wildman–Crippen MR) is 84.9 cm³/mol. The number of carbonyl (C=O) groups excluding carboxylic acids is 1. The molecule has 0 spiro atoms. The van der Waals surface area contributed by atoms with Crippen LogP contribution in [0.3, 0.4) is 0 Å². The van der Waals surface area contributed by atoms with Gasteiger partial charge in [0.25, 0.3) is 5.91 Å². The summed E-state index contributed by atoms with van der Waals surface area (Å²) in [5.41, 5.74) is 1.31. The van der Waals surface area contributed by atoms with Crippen molar-refractivity contribution in [2.75, 3.05) is 12.4 Å². The Morgan fingerprint density at radius 1 is 1.19 bits per heavy atom. The van der Waals surface area contributed by atoms with E-state index in [2.05, 4.69) is 21.2 Å². The maximum atomic E-state index is 12.2. The number of rotatable bonds is 3. The largest absolute Gasteiger partial charge is 0.497 e. The first-order chi connectivity index (χ1) is 10.2. The van der Waals surface area contributed by atoms with Crippen LogP contribution in [-0.2, 0) is 0 Å². The SMILES string of the molecule is COc1cccc(NC(=O)c2cc3cccc(Br)c3o2)c1. The normalized spacial score (nSPS) is 10.6. The first kappa shape index (κ1) is 13.7.